The van der Waals surface area contributed by atoms with Crippen molar-refractivity contribution in [3.63, 3.8) is 0 Å². The Morgan fingerprint density at radius 2 is 1.80 bits per heavy atom. The van der Waals surface area contributed by atoms with Crippen LogP contribution < -0.4 is 15.4 Å². The van der Waals surface area contributed by atoms with Crippen molar-refractivity contribution in [3.8, 4) is 5.75 Å². The molecule has 0 aliphatic carbocycles. The zero-order valence-corrected chi connectivity index (χ0v) is 18.7. The molecule has 2 aliphatic rings. The molecule has 182 valence electrons. The van der Waals surface area contributed by atoms with Gasteiger partial charge in [0.15, 0.2) is 6.61 Å². The average Bonchev–Trinajstić information content (AvgIpc) is 3.12. The maximum Gasteiger partial charge on any atom is 0.329 e. The van der Waals surface area contributed by atoms with Crippen LogP contribution in [-0.4, -0.2) is 73.0 Å². The van der Waals surface area contributed by atoms with Gasteiger partial charge in [0.05, 0.1) is 18.9 Å². The minimum Gasteiger partial charge on any atom is -0.484 e. The normalized spacial score (nSPS) is 16.9. The molecule has 10 nitrogen and oxygen atoms in total. The van der Waals surface area contributed by atoms with Gasteiger partial charge in [0, 0.05) is 13.1 Å². The van der Waals surface area contributed by atoms with E-state index < -0.39 is 30.2 Å². The number of carbonyl (C=O) groups is 4. The zero-order valence-electron chi connectivity index (χ0n) is 18.7. The molecule has 0 atom stereocenters. The van der Waals surface area contributed by atoms with Gasteiger partial charge in [0.2, 0.25) is 5.91 Å². The van der Waals surface area contributed by atoms with Gasteiger partial charge in [-0.1, -0.05) is 24.3 Å². The highest BCUT2D eigenvalue weighted by molar-refractivity contribution is 6.15. The fourth-order valence-corrected chi connectivity index (χ4v) is 3.49. The summed E-state index contributed by atoms with van der Waals surface area (Å²) in [6, 6.07) is 11.4. The number of amides is 5. The van der Waals surface area contributed by atoms with Crippen LogP contribution >= 0.6 is 0 Å². The monoisotopic (exact) mass is 482 g/mol. The summed E-state index contributed by atoms with van der Waals surface area (Å²) in [6.07, 6.45) is 1.46. The molecule has 0 radical (unpaired) electrons. The third-order valence-electron chi connectivity index (χ3n) is 5.33. The lowest BCUT2D eigenvalue weighted by Gasteiger charge is -2.26. The molecule has 2 N–H and O–H groups in total. The summed E-state index contributed by atoms with van der Waals surface area (Å²) in [4.78, 5) is 51.6. The second-order valence-corrected chi connectivity index (χ2v) is 7.76. The van der Waals surface area contributed by atoms with Crippen LogP contribution in [0.3, 0.4) is 0 Å². The van der Waals surface area contributed by atoms with E-state index in [9.17, 15) is 23.6 Å². The van der Waals surface area contributed by atoms with Crippen molar-refractivity contribution < 1.29 is 33.0 Å². The number of ether oxygens (including phenoxy) is 2. The van der Waals surface area contributed by atoms with E-state index in [1.807, 2.05) is 0 Å². The fraction of sp³-hybridized carbons (Fsp3) is 0.250. The zero-order chi connectivity index (χ0) is 24.8. The van der Waals surface area contributed by atoms with Gasteiger partial charge >= 0.3 is 6.03 Å². The maximum absolute atomic E-state index is 13.7. The Balaban J connectivity index is 1.32. The number of hydrogen-bond donors (Lipinski definition) is 2. The molecule has 0 saturated carbocycles. The van der Waals surface area contributed by atoms with Crippen molar-refractivity contribution in [2.24, 2.45) is 0 Å². The van der Waals surface area contributed by atoms with E-state index in [-0.39, 0.29) is 23.9 Å². The molecule has 2 fully saturated rings. The Morgan fingerprint density at radius 3 is 2.51 bits per heavy atom. The highest BCUT2D eigenvalue weighted by Crippen LogP contribution is 2.18. The van der Waals surface area contributed by atoms with E-state index in [4.69, 9.17) is 9.47 Å². The van der Waals surface area contributed by atoms with Crippen LogP contribution in [0.2, 0.25) is 0 Å². The Labute approximate surface area is 200 Å². The predicted octanol–water partition coefficient (Wildman–Crippen LogP) is 1.59. The van der Waals surface area contributed by atoms with Gasteiger partial charge in [-0.05, 0) is 35.9 Å². The van der Waals surface area contributed by atoms with Crippen molar-refractivity contribution in [2.75, 3.05) is 44.8 Å². The van der Waals surface area contributed by atoms with Gasteiger partial charge < -0.3 is 25.0 Å². The van der Waals surface area contributed by atoms with Gasteiger partial charge in [0.1, 0.15) is 23.8 Å². The molecular formula is C24H23FN4O6. The van der Waals surface area contributed by atoms with Crippen LogP contribution in [0.25, 0.3) is 6.08 Å². The van der Waals surface area contributed by atoms with Crippen molar-refractivity contribution in [3.05, 3.63) is 65.6 Å². The number of para-hydroxylation sites is 1. The summed E-state index contributed by atoms with van der Waals surface area (Å²) in [6.45, 7) is 1.43. The summed E-state index contributed by atoms with van der Waals surface area (Å²) in [5.41, 5.74) is 0.539. The summed E-state index contributed by atoms with van der Waals surface area (Å²) >= 11 is 0. The number of hydrogen-bond acceptors (Lipinski definition) is 6. The number of nitrogens with one attached hydrogen (secondary N) is 2. The molecule has 2 heterocycles. The van der Waals surface area contributed by atoms with Crippen LogP contribution in [0.4, 0.5) is 14.9 Å². The molecule has 0 unspecified atom stereocenters. The molecule has 11 heteroatoms. The molecule has 4 rings (SSSR count). The quantitative estimate of drug-likeness (QED) is 0.457. The lowest BCUT2D eigenvalue weighted by molar-refractivity contribution is -0.137. The van der Waals surface area contributed by atoms with Crippen molar-refractivity contribution in [1.82, 2.24) is 15.1 Å². The van der Waals surface area contributed by atoms with Crippen molar-refractivity contribution in [2.45, 2.75) is 0 Å². The number of carbonyl (C=O) groups excluding carboxylic acids is 4. The number of anilines is 1. The van der Waals surface area contributed by atoms with Gasteiger partial charge in [-0.25, -0.2) is 14.1 Å². The van der Waals surface area contributed by atoms with Gasteiger partial charge in [0.25, 0.3) is 11.8 Å². The number of nitrogens with zero attached hydrogens (tertiary/aromatic N) is 2. The van der Waals surface area contributed by atoms with Crippen LogP contribution in [0.1, 0.15) is 5.56 Å². The smallest absolute Gasteiger partial charge is 0.329 e. The predicted molar refractivity (Wildman–Crippen MR) is 123 cm³/mol. The minimum absolute atomic E-state index is 0.00939. The largest absolute Gasteiger partial charge is 0.484 e. The van der Waals surface area contributed by atoms with Crippen LogP contribution in [0, 0.1) is 5.82 Å². The number of urea groups is 1. The highest BCUT2D eigenvalue weighted by Gasteiger charge is 2.35. The molecule has 2 aromatic rings. The van der Waals surface area contributed by atoms with Gasteiger partial charge in [-0.15, -0.1) is 0 Å². The second kappa shape index (κ2) is 10.8. The molecule has 2 aromatic carbocycles. The van der Waals surface area contributed by atoms with Gasteiger partial charge in [-0.2, -0.15) is 0 Å². The Morgan fingerprint density at radius 1 is 1.09 bits per heavy atom. The van der Waals surface area contributed by atoms with E-state index in [1.165, 1.54) is 24.3 Å². The van der Waals surface area contributed by atoms with E-state index in [2.05, 4.69) is 10.6 Å². The van der Waals surface area contributed by atoms with E-state index in [0.29, 0.717) is 37.6 Å². The van der Waals surface area contributed by atoms with Gasteiger partial charge in [-0.3, -0.25) is 14.4 Å². The molecule has 2 saturated heterocycles. The number of imide groups is 1. The molecule has 0 bridgehead atoms. The third kappa shape index (κ3) is 6.01. The molecule has 0 spiro atoms. The van der Waals surface area contributed by atoms with Crippen LogP contribution in [0.5, 0.6) is 5.75 Å². The maximum atomic E-state index is 13.7. The highest BCUT2D eigenvalue weighted by atomic mass is 19.1. The number of halogens is 1. The summed E-state index contributed by atoms with van der Waals surface area (Å²) in [5, 5.41) is 4.76. The standard InChI is InChI=1S/C24H23FN4O6/c25-18-3-1-2-4-19(18)26-21(30)14-29-23(32)20(27-24(29)33)13-16-5-7-17(8-6-16)35-15-22(31)28-9-11-34-12-10-28/h1-8,13H,9-12,14-15H2,(H,26,30)(H,27,33)/b20-13-. The van der Waals surface area contributed by atoms with Crippen LogP contribution in [-0.2, 0) is 19.1 Å². The fourth-order valence-electron chi connectivity index (χ4n) is 3.49. The summed E-state index contributed by atoms with van der Waals surface area (Å²) in [7, 11) is 0. The number of benzene rings is 2. The first-order valence-corrected chi connectivity index (χ1v) is 10.9. The first-order chi connectivity index (χ1) is 16.9. The Bertz CT molecular complexity index is 1160. The number of rotatable bonds is 7. The topological polar surface area (TPSA) is 117 Å². The van der Waals surface area contributed by atoms with E-state index >= 15 is 0 Å². The average molecular weight is 482 g/mol. The lowest BCUT2D eigenvalue weighted by Crippen LogP contribution is -2.42. The Kier molecular flexibility index (Phi) is 7.36. The SMILES string of the molecule is O=C(CN1C(=O)N/C(=C\c2ccc(OCC(=O)N3CCOCC3)cc2)C1=O)Nc1ccccc1F. The minimum atomic E-state index is -0.758. The van der Waals surface area contributed by atoms with E-state index in [1.54, 1.807) is 35.2 Å². The van der Waals surface area contributed by atoms with Crippen molar-refractivity contribution in [1.29, 1.82) is 0 Å². The number of morpholine rings is 1. The summed E-state index contributed by atoms with van der Waals surface area (Å²) < 4.78 is 24.5. The third-order valence-corrected chi connectivity index (χ3v) is 5.33. The lowest BCUT2D eigenvalue weighted by atomic mass is 10.2. The van der Waals surface area contributed by atoms with Crippen molar-refractivity contribution >= 4 is 35.5 Å². The molecule has 35 heavy (non-hydrogen) atoms. The molecule has 2 aliphatic heterocycles. The first-order valence-electron chi connectivity index (χ1n) is 10.9. The summed E-state index contributed by atoms with van der Waals surface area (Å²) in [5.74, 6) is -1.68. The van der Waals surface area contributed by atoms with E-state index in [0.717, 1.165) is 4.90 Å². The Hall–Kier alpha value is -4.25. The second-order valence-electron chi connectivity index (χ2n) is 7.76. The molecule has 0 aromatic heterocycles. The van der Waals surface area contributed by atoms with Crippen LogP contribution in [0.15, 0.2) is 54.2 Å². The first kappa shape index (κ1) is 23.9. The molecule has 5 amide bonds. The molecular weight excluding hydrogens is 459 g/mol.